The van der Waals surface area contributed by atoms with E-state index in [4.69, 9.17) is 42.1 Å². The summed E-state index contributed by atoms with van der Waals surface area (Å²) in [5.74, 6) is 2.96. The maximum absolute atomic E-state index is 14.5. The van der Waals surface area contributed by atoms with Crippen LogP contribution in [0.4, 0.5) is 52.2 Å². The van der Waals surface area contributed by atoms with Crippen LogP contribution in [0.2, 0.25) is 0 Å². The minimum absolute atomic E-state index is 0. The molecule has 596 valence electrons. The Kier molecular flexibility index (Phi) is 24.1. The number of hydrogen-bond donors (Lipinski definition) is 6. The minimum Gasteiger partial charge on any atom is -0.490 e. The zero-order valence-corrected chi connectivity index (χ0v) is 65.2. The number of hydrogen-bond acceptors (Lipinski definition) is 20. The lowest BCUT2D eigenvalue weighted by molar-refractivity contribution is 0.0933. The smallest absolute Gasteiger partial charge is 0.256 e. The lowest BCUT2D eigenvalue weighted by Gasteiger charge is -2.30. The third-order valence-electron chi connectivity index (χ3n) is 19.9. The Hall–Kier alpha value is -13.5. The van der Waals surface area contributed by atoms with Crippen LogP contribution in [0.3, 0.4) is 0 Å². The van der Waals surface area contributed by atoms with Gasteiger partial charge in [-0.2, -0.15) is 20.4 Å². The highest BCUT2D eigenvalue weighted by atomic mass is 19.1. The van der Waals surface area contributed by atoms with Crippen LogP contribution in [0.1, 0.15) is 149 Å². The van der Waals surface area contributed by atoms with Gasteiger partial charge in [0, 0.05) is 95.3 Å². The quantitative estimate of drug-likeness (QED) is 0.0694. The molecule has 4 aromatic carbocycles. The summed E-state index contributed by atoms with van der Waals surface area (Å²) in [5.41, 5.74) is 11.0. The number of ether oxygens (including phenoxy) is 4. The molecule has 27 nitrogen and oxygen atoms in total. The number of nitrogens with zero attached hydrogens (tertiary/aromatic N) is 16. The predicted molar refractivity (Wildman–Crippen MR) is 437 cm³/mol. The SMILES string of the molecule is C.C=C1NC[C@H](C)Oc2ccc(F)c(C)c2[C@@H](C)Nc2ccn3ncc1c3n2.Cc1c(F)ccc2c1CN(C(C)C)c1ccn3ncc(c3n1)C(=O)NC[C@H](C)O2.[C-]#[N+]c1c(F)ccc2c1CN(C(C)C)c1ccn3ncc(c3n1)C(=C)NC[C@H](C)O2.[C-]#[N+]c1c(F)ccc2c1[C@@H](C)Nc1ccn3ncc(c3n1)C(=C)NC[C@H](C)O2. The number of anilines is 4. The highest BCUT2D eigenvalue weighted by Gasteiger charge is 2.30. The molecular weight excluding hydrogens is 1470 g/mol. The first-order chi connectivity index (χ1) is 54.6. The van der Waals surface area contributed by atoms with E-state index in [2.05, 4.69) is 96.6 Å². The first kappa shape index (κ1) is 81.1. The molecule has 4 aliphatic rings. The van der Waals surface area contributed by atoms with E-state index < -0.39 is 17.7 Å². The van der Waals surface area contributed by atoms with Crippen molar-refractivity contribution in [2.45, 2.75) is 152 Å². The summed E-state index contributed by atoms with van der Waals surface area (Å²) >= 11 is 0. The fourth-order valence-electron chi connectivity index (χ4n) is 13.7. The summed E-state index contributed by atoms with van der Waals surface area (Å²) in [6.07, 6.45) is 13.0. The lowest BCUT2D eigenvalue weighted by Crippen LogP contribution is -2.34. The van der Waals surface area contributed by atoms with Crippen molar-refractivity contribution in [3.8, 4) is 23.0 Å². The molecular formula is C84H92F4N22O5. The van der Waals surface area contributed by atoms with Crippen LogP contribution in [0.25, 0.3) is 49.4 Å². The van der Waals surface area contributed by atoms with E-state index in [1.807, 2.05) is 105 Å². The molecule has 0 fully saturated rings. The van der Waals surface area contributed by atoms with Crippen molar-refractivity contribution in [3.05, 3.63) is 244 Å². The van der Waals surface area contributed by atoms with Gasteiger partial charge in [-0.05, 0) is 167 Å². The van der Waals surface area contributed by atoms with Gasteiger partial charge in [0.2, 0.25) is 11.4 Å². The number of rotatable bonds is 2. The lowest BCUT2D eigenvalue weighted by atomic mass is 10.0. The monoisotopic (exact) mass is 1560 g/mol. The number of carbonyl (C=O) groups excluding carboxylic acids is 1. The van der Waals surface area contributed by atoms with Crippen LogP contribution in [-0.4, -0.2) is 127 Å². The molecule has 6 atom stereocenters. The Bertz CT molecular complexity index is 5780. The van der Waals surface area contributed by atoms with Gasteiger partial charge in [-0.1, -0.05) is 27.2 Å². The molecule has 4 aliphatic heterocycles. The number of amides is 1. The molecule has 0 radical (unpaired) electrons. The van der Waals surface area contributed by atoms with Crippen molar-refractivity contribution in [1.82, 2.24) is 79.7 Å². The maximum atomic E-state index is 14.5. The molecule has 8 aromatic heterocycles. The van der Waals surface area contributed by atoms with Gasteiger partial charge in [0.1, 0.15) is 99.5 Å². The third-order valence-corrected chi connectivity index (χ3v) is 19.9. The van der Waals surface area contributed by atoms with Crippen LogP contribution < -0.4 is 60.6 Å². The van der Waals surface area contributed by atoms with Crippen molar-refractivity contribution in [1.29, 1.82) is 0 Å². The highest BCUT2D eigenvalue weighted by Crippen LogP contribution is 2.41. The number of fused-ring (bicyclic) bond motifs is 8. The van der Waals surface area contributed by atoms with Gasteiger partial charge >= 0.3 is 0 Å². The summed E-state index contributed by atoms with van der Waals surface area (Å²) in [6.45, 7) is 52.9. The van der Waals surface area contributed by atoms with Crippen LogP contribution in [0, 0.1) is 50.3 Å². The molecule has 0 unspecified atom stereocenters. The average molecular weight is 1570 g/mol. The molecule has 8 bridgehead atoms. The molecule has 0 spiro atoms. The second kappa shape index (κ2) is 34.3. The van der Waals surface area contributed by atoms with E-state index in [1.54, 1.807) is 93.2 Å². The topological polar surface area (TPSA) is 262 Å². The van der Waals surface area contributed by atoms with Crippen LogP contribution in [0.15, 0.2) is 142 Å². The largest absolute Gasteiger partial charge is 0.490 e. The fourth-order valence-corrected chi connectivity index (χ4v) is 13.7. The van der Waals surface area contributed by atoms with Gasteiger partial charge in [-0.15, -0.1) is 0 Å². The zero-order chi connectivity index (χ0) is 81.1. The van der Waals surface area contributed by atoms with Gasteiger partial charge in [-0.25, -0.2) is 65.2 Å². The Balaban J connectivity index is 0.000000141. The van der Waals surface area contributed by atoms with Crippen molar-refractivity contribution >= 4 is 80.2 Å². The van der Waals surface area contributed by atoms with Crippen LogP contribution in [0.5, 0.6) is 23.0 Å². The van der Waals surface area contributed by atoms with Crippen molar-refractivity contribution in [2.24, 2.45) is 0 Å². The Morgan fingerprint density at radius 3 is 1.24 bits per heavy atom. The van der Waals surface area contributed by atoms with Gasteiger partial charge < -0.3 is 60.6 Å². The minimum atomic E-state index is -0.573. The fraction of sp³-hybridized carbons (Fsp3) is 0.321. The molecule has 115 heavy (non-hydrogen) atoms. The predicted octanol–water partition coefficient (Wildman–Crippen LogP) is 15.5. The van der Waals surface area contributed by atoms with E-state index in [-0.39, 0.29) is 85.4 Å². The van der Waals surface area contributed by atoms with Gasteiger partial charge in [0.15, 0.2) is 22.6 Å². The molecule has 0 aliphatic carbocycles. The van der Waals surface area contributed by atoms with Gasteiger partial charge in [-0.3, -0.25) is 4.79 Å². The van der Waals surface area contributed by atoms with Crippen molar-refractivity contribution in [2.75, 3.05) is 46.6 Å². The second-order valence-electron chi connectivity index (χ2n) is 28.8. The number of halogens is 4. The van der Waals surface area contributed by atoms with Gasteiger partial charge in [0.25, 0.3) is 5.91 Å². The van der Waals surface area contributed by atoms with E-state index in [0.717, 1.165) is 33.5 Å². The van der Waals surface area contributed by atoms with Gasteiger partial charge in [0.05, 0.1) is 86.8 Å². The van der Waals surface area contributed by atoms with E-state index in [9.17, 15) is 22.4 Å². The maximum Gasteiger partial charge on any atom is 0.256 e. The van der Waals surface area contributed by atoms with Crippen LogP contribution >= 0.6 is 0 Å². The summed E-state index contributed by atoms with van der Waals surface area (Å²) in [5, 5.41) is 36.5. The van der Waals surface area contributed by atoms with E-state index in [0.29, 0.717) is 141 Å². The Morgan fingerprint density at radius 2 is 0.791 bits per heavy atom. The standard InChI is InChI=1S/C22H23FN6O.C21H24FN5O2.C20H19FN6O.C20H22FN5O.CH4/c1-13(2)28-12-17-19(7-6-18(23)21(17)24-5)30-14(3)10-25-15(4)16-11-26-29-9-8-20(28)27-22(16)29;1-12(2)26-11-16-14(4)17(22)5-6-18(16)29-13(3)9-23-21(28)15-10-24-27-8-7-19(26)25-20(15)27;1-11-9-23-12(2)14-10-24-27-8-7-17(26-20(14)27)25-13(3)18-16(28-11)6-5-15(21)19(18)22-4;1-11-9-22-13(3)15-10-23-26-8-7-18(25-20(15)26)24-14(4)19-12(2)16(21)5-6-17(19)27-11;/h6-9,11,13-14,25H,4,10,12H2,1-3H3;5-8,10,12-13H,9,11H2,1-4H3,(H,23,28);5-8,10-11,13,23H,2,9H2,1,3H3,(H,25,26);5-8,10-11,14,22H,3,9H2,1-2,4H3,(H,24,25);1H4/t14-;13-;11-,13+;11-,14+;/m0000./s1. The Labute approximate surface area is 663 Å². The normalized spacial score (nSPS) is 18.2. The zero-order valence-electron chi connectivity index (χ0n) is 65.2. The molecule has 1 amide bonds. The number of aromatic nitrogens is 12. The summed E-state index contributed by atoms with van der Waals surface area (Å²) in [7, 11) is 0. The molecule has 6 N–H and O–H groups in total. The van der Waals surface area contributed by atoms with E-state index >= 15 is 0 Å². The first-order valence-corrected chi connectivity index (χ1v) is 37.3. The number of carbonyl (C=O) groups is 1. The molecule has 0 saturated heterocycles. The summed E-state index contributed by atoms with van der Waals surface area (Å²) in [6, 6.07) is 18.8. The molecule has 12 heterocycles. The second-order valence-corrected chi connectivity index (χ2v) is 28.8. The number of benzene rings is 4. The average Bonchev–Trinajstić information content (AvgIpc) is 1.72. The highest BCUT2D eigenvalue weighted by molar-refractivity contribution is 5.99. The van der Waals surface area contributed by atoms with Crippen molar-refractivity contribution < 1.29 is 41.3 Å². The van der Waals surface area contributed by atoms with Crippen molar-refractivity contribution in [3.63, 3.8) is 0 Å². The molecule has 16 rings (SSSR count). The summed E-state index contributed by atoms with van der Waals surface area (Å²) in [4.78, 5) is 42.5. The molecule has 12 aromatic rings. The van der Waals surface area contributed by atoms with E-state index in [1.165, 1.54) is 30.5 Å². The molecule has 31 heteroatoms. The van der Waals surface area contributed by atoms with Crippen LogP contribution in [-0.2, 0) is 13.1 Å². The number of nitrogens with one attached hydrogen (secondary N) is 6. The third kappa shape index (κ3) is 17.2. The summed E-state index contributed by atoms with van der Waals surface area (Å²) < 4.78 is 88.4. The first-order valence-electron chi connectivity index (χ1n) is 37.3. The molecule has 0 saturated carbocycles. The Morgan fingerprint density at radius 1 is 0.443 bits per heavy atom.